The highest BCUT2D eigenvalue weighted by molar-refractivity contribution is 5.90. The van der Waals surface area contributed by atoms with E-state index >= 15 is 0 Å². The first kappa shape index (κ1) is 26.7. The third-order valence-corrected chi connectivity index (χ3v) is 8.35. The fourth-order valence-corrected chi connectivity index (χ4v) is 6.39. The van der Waals surface area contributed by atoms with E-state index in [9.17, 15) is 14.7 Å². The minimum atomic E-state index is -1.64. The number of esters is 1. The molecule has 0 spiro atoms. The highest BCUT2D eigenvalue weighted by Gasteiger charge is 2.52. The van der Waals surface area contributed by atoms with Crippen LogP contribution >= 0.6 is 0 Å². The summed E-state index contributed by atoms with van der Waals surface area (Å²) in [5.41, 5.74) is -1.02. The average Bonchev–Trinajstić information content (AvgIpc) is 2.90. The molecule has 1 aliphatic carbocycles. The maximum absolute atomic E-state index is 13.7. The lowest BCUT2D eigenvalue weighted by Gasteiger charge is -2.52. The van der Waals surface area contributed by atoms with Crippen molar-refractivity contribution in [1.82, 2.24) is 9.97 Å². The lowest BCUT2D eigenvalue weighted by molar-refractivity contribution is -0.939. The predicted octanol–water partition coefficient (Wildman–Crippen LogP) is 0.0394. The number of hydrogen-bond acceptors (Lipinski definition) is 6. The largest absolute Gasteiger partial charge is 1.00 e. The molecule has 1 aromatic carbocycles. The Morgan fingerprint density at radius 2 is 1.78 bits per heavy atom. The smallest absolute Gasteiger partial charge is 0.343 e. The van der Waals surface area contributed by atoms with Crippen LogP contribution in [-0.2, 0) is 19.9 Å². The molecule has 6 rings (SSSR count). The Bertz CT molecular complexity index is 1030. The quantitative estimate of drug-likeness (QED) is 0.367. The molecule has 1 unspecified atom stereocenters. The molecule has 2 atom stereocenters. The molecule has 4 fully saturated rings. The lowest BCUT2D eigenvalue weighted by Crippen LogP contribution is -3.00. The van der Waals surface area contributed by atoms with Gasteiger partial charge in [0.15, 0.2) is 18.2 Å². The SMILES string of the molecule is O=C(C[N+]12CCC(CC1)[C@@H](OC(=O)C(O)(c1ccccc1)C1CCCCC1)C2)Nc1ccncn1.[Br-]. The summed E-state index contributed by atoms with van der Waals surface area (Å²) in [7, 11) is 0. The van der Waals surface area contributed by atoms with Gasteiger partial charge in [0.25, 0.3) is 5.91 Å². The molecule has 2 aromatic rings. The van der Waals surface area contributed by atoms with Crippen LogP contribution in [0.4, 0.5) is 5.82 Å². The van der Waals surface area contributed by atoms with Gasteiger partial charge in [0.1, 0.15) is 18.7 Å². The van der Waals surface area contributed by atoms with Crippen molar-refractivity contribution >= 4 is 17.7 Å². The summed E-state index contributed by atoms with van der Waals surface area (Å²) >= 11 is 0. The zero-order valence-corrected chi connectivity index (χ0v) is 22.1. The first-order valence-corrected chi connectivity index (χ1v) is 12.9. The summed E-state index contributed by atoms with van der Waals surface area (Å²) in [5, 5.41) is 14.8. The number of piperidine rings is 3. The van der Waals surface area contributed by atoms with Crippen LogP contribution in [0.25, 0.3) is 0 Å². The van der Waals surface area contributed by atoms with Crippen LogP contribution in [0.1, 0.15) is 50.5 Å². The molecule has 3 aliphatic heterocycles. The second-order valence-corrected chi connectivity index (χ2v) is 10.5. The number of halogens is 1. The standard InChI is InChI=1S/C27H34N4O4.BrH/c32-25(30-24-11-14-28-19-29-24)18-31-15-12-20(13-16-31)23(17-31)35-26(33)27(34,21-7-3-1-4-8-21)22-9-5-2-6-10-22;/h1,3-4,7-8,11,14,19-20,22-23,34H,2,5-6,9-10,12-13,15-18H2;1H/t20?,23-,27?,31?;/m0./s1. The summed E-state index contributed by atoms with van der Waals surface area (Å²) in [4.78, 5) is 34.5. The average molecular weight is 560 g/mol. The maximum atomic E-state index is 13.7. The molecule has 1 saturated carbocycles. The Balaban J connectivity index is 0.00000304. The Kier molecular flexibility index (Phi) is 8.42. The van der Waals surface area contributed by atoms with Gasteiger partial charge in [-0.2, -0.15) is 0 Å². The molecule has 36 heavy (non-hydrogen) atoms. The molecular weight excluding hydrogens is 524 g/mol. The number of aromatic nitrogens is 2. The summed E-state index contributed by atoms with van der Waals surface area (Å²) in [5.74, 6) is -0.0159. The summed E-state index contributed by atoms with van der Waals surface area (Å²) in [6.07, 6.45) is 9.32. The van der Waals surface area contributed by atoms with Gasteiger partial charge in [-0.1, -0.05) is 49.6 Å². The lowest BCUT2D eigenvalue weighted by atomic mass is 9.73. The van der Waals surface area contributed by atoms with E-state index in [1.165, 1.54) is 6.33 Å². The number of benzene rings is 1. The van der Waals surface area contributed by atoms with E-state index in [2.05, 4.69) is 15.3 Å². The molecule has 3 saturated heterocycles. The van der Waals surface area contributed by atoms with Crippen LogP contribution in [0.5, 0.6) is 0 Å². The van der Waals surface area contributed by atoms with E-state index in [-0.39, 0.29) is 40.8 Å². The third kappa shape index (κ3) is 5.48. The molecule has 1 aromatic heterocycles. The molecule has 4 aliphatic rings. The number of ether oxygens (including phenoxy) is 1. The Morgan fingerprint density at radius 1 is 1.06 bits per heavy atom. The van der Waals surface area contributed by atoms with Crippen LogP contribution in [0.3, 0.4) is 0 Å². The molecular formula is C27H35BrN4O4. The number of rotatable bonds is 7. The van der Waals surface area contributed by atoms with Gasteiger partial charge in [-0.15, -0.1) is 0 Å². The molecule has 2 bridgehead atoms. The van der Waals surface area contributed by atoms with Crippen molar-refractivity contribution in [2.75, 3.05) is 31.5 Å². The predicted molar refractivity (Wildman–Crippen MR) is 130 cm³/mol. The second kappa shape index (κ2) is 11.4. The van der Waals surface area contributed by atoms with Crippen molar-refractivity contribution in [3.8, 4) is 0 Å². The minimum absolute atomic E-state index is 0. The van der Waals surface area contributed by atoms with Crippen LogP contribution < -0.4 is 22.3 Å². The van der Waals surface area contributed by atoms with Crippen LogP contribution in [0, 0.1) is 11.8 Å². The van der Waals surface area contributed by atoms with E-state index in [1.807, 2.05) is 30.3 Å². The van der Waals surface area contributed by atoms with Crippen molar-refractivity contribution in [2.45, 2.75) is 56.7 Å². The number of carbonyl (C=O) groups excluding carboxylic acids is 2. The number of hydrogen-bond donors (Lipinski definition) is 2. The number of aliphatic hydroxyl groups is 1. The van der Waals surface area contributed by atoms with Gasteiger partial charge in [0.2, 0.25) is 0 Å². The van der Waals surface area contributed by atoms with E-state index in [0.717, 1.165) is 58.0 Å². The van der Waals surface area contributed by atoms with Crippen molar-refractivity contribution in [3.63, 3.8) is 0 Å². The highest BCUT2D eigenvalue weighted by atomic mass is 79.9. The van der Waals surface area contributed by atoms with Gasteiger partial charge >= 0.3 is 5.97 Å². The third-order valence-electron chi connectivity index (χ3n) is 8.35. The summed E-state index contributed by atoms with van der Waals surface area (Å²) < 4.78 is 6.76. The van der Waals surface area contributed by atoms with Gasteiger partial charge in [-0.3, -0.25) is 4.79 Å². The first-order chi connectivity index (χ1) is 17.0. The maximum Gasteiger partial charge on any atom is 0.343 e. The monoisotopic (exact) mass is 558 g/mol. The fraction of sp³-hybridized carbons (Fsp3) is 0.556. The van der Waals surface area contributed by atoms with Gasteiger partial charge in [-0.05, 0) is 24.5 Å². The van der Waals surface area contributed by atoms with E-state index in [0.29, 0.717) is 29.0 Å². The van der Waals surface area contributed by atoms with Crippen molar-refractivity contribution in [3.05, 3.63) is 54.5 Å². The number of nitrogens with one attached hydrogen (secondary N) is 1. The molecule has 2 N–H and O–H groups in total. The molecule has 0 radical (unpaired) electrons. The summed E-state index contributed by atoms with van der Waals surface area (Å²) in [6, 6.07) is 10.9. The zero-order valence-electron chi connectivity index (χ0n) is 20.5. The van der Waals surface area contributed by atoms with Gasteiger partial charge in [0, 0.05) is 30.9 Å². The Hall–Kier alpha value is -2.36. The van der Waals surface area contributed by atoms with Crippen LogP contribution in [0.2, 0.25) is 0 Å². The van der Waals surface area contributed by atoms with Crippen LogP contribution in [0.15, 0.2) is 48.9 Å². The number of fused-ring (bicyclic) bond motifs is 3. The number of quaternary nitrogens is 1. The van der Waals surface area contributed by atoms with E-state index < -0.39 is 11.6 Å². The van der Waals surface area contributed by atoms with Gasteiger partial charge in [-0.25, -0.2) is 14.8 Å². The van der Waals surface area contributed by atoms with Crippen LogP contribution in [-0.4, -0.2) is 63.7 Å². The molecule has 9 heteroatoms. The van der Waals surface area contributed by atoms with E-state index in [4.69, 9.17) is 4.74 Å². The van der Waals surface area contributed by atoms with Crippen molar-refractivity contribution in [1.29, 1.82) is 0 Å². The normalized spacial score (nSPS) is 27.4. The molecule has 1 amide bonds. The number of carbonyl (C=O) groups is 2. The second-order valence-electron chi connectivity index (χ2n) is 10.5. The van der Waals surface area contributed by atoms with E-state index in [1.54, 1.807) is 12.3 Å². The molecule has 194 valence electrons. The first-order valence-electron chi connectivity index (χ1n) is 12.9. The topological polar surface area (TPSA) is 101 Å². The number of nitrogens with zero attached hydrogens (tertiary/aromatic N) is 3. The Morgan fingerprint density at radius 3 is 2.44 bits per heavy atom. The van der Waals surface area contributed by atoms with Gasteiger partial charge in [0.05, 0.1) is 13.1 Å². The zero-order chi connectivity index (χ0) is 24.3. The number of amides is 1. The summed E-state index contributed by atoms with van der Waals surface area (Å²) in [6.45, 7) is 2.70. The van der Waals surface area contributed by atoms with Crippen molar-refractivity contribution in [2.24, 2.45) is 11.8 Å². The number of anilines is 1. The molecule has 8 nitrogen and oxygen atoms in total. The molecule has 4 heterocycles. The van der Waals surface area contributed by atoms with Gasteiger partial charge < -0.3 is 36.6 Å². The van der Waals surface area contributed by atoms with Crippen molar-refractivity contribution < 1.29 is 40.9 Å². The fourth-order valence-electron chi connectivity index (χ4n) is 6.39. The minimum Gasteiger partial charge on any atom is -1.00 e. The highest BCUT2D eigenvalue weighted by Crippen LogP contribution is 2.42. The Labute approximate surface area is 222 Å².